The molecule has 5 rings (SSSR count). The summed E-state index contributed by atoms with van der Waals surface area (Å²) < 4.78 is 21.1. The smallest absolute Gasteiger partial charge is 0.124 e. The summed E-state index contributed by atoms with van der Waals surface area (Å²) in [5.41, 5.74) is 3.93. The van der Waals surface area contributed by atoms with Crippen molar-refractivity contribution in [3.8, 4) is 22.7 Å². The lowest BCUT2D eigenvalue weighted by Crippen LogP contribution is -1.97. The Labute approximate surface area is 171 Å². The van der Waals surface area contributed by atoms with Gasteiger partial charge in [-0.25, -0.2) is 9.07 Å². The molecule has 0 N–H and O–H groups in total. The highest BCUT2D eigenvalue weighted by molar-refractivity contribution is 6.30. The summed E-state index contributed by atoms with van der Waals surface area (Å²) in [7, 11) is 1.63. The van der Waals surface area contributed by atoms with Crippen LogP contribution in [0.3, 0.4) is 0 Å². The number of methoxy groups -OCH3 is 1. The molecule has 0 aliphatic carbocycles. The van der Waals surface area contributed by atoms with E-state index in [0.29, 0.717) is 15.9 Å². The van der Waals surface area contributed by atoms with E-state index in [4.69, 9.17) is 21.4 Å². The van der Waals surface area contributed by atoms with E-state index in [9.17, 15) is 4.39 Å². The first-order valence-corrected chi connectivity index (χ1v) is 9.39. The van der Waals surface area contributed by atoms with Gasteiger partial charge in [0.25, 0.3) is 0 Å². The predicted octanol–water partition coefficient (Wildman–Crippen LogP) is 6.04. The molecule has 0 aliphatic heterocycles. The van der Waals surface area contributed by atoms with Gasteiger partial charge in [0.2, 0.25) is 0 Å². The van der Waals surface area contributed by atoms with Crippen molar-refractivity contribution in [1.29, 1.82) is 0 Å². The maximum absolute atomic E-state index is 14.1. The molecule has 0 fully saturated rings. The third-order valence-electron chi connectivity index (χ3n) is 4.88. The number of pyridine rings is 1. The van der Waals surface area contributed by atoms with E-state index in [1.807, 2.05) is 42.5 Å². The molecule has 2 aromatic heterocycles. The number of ether oxygens (including phenoxy) is 1. The molecule has 5 aromatic rings. The monoisotopic (exact) mass is 403 g/mol. The van der Waals surface area contributed by atoms with Crippen LogP contribution in [0.25, 0.3) is 38.8 Å². The summed E-state index contributed by atoms with van der Waals surface area (Å²) >= 11 is 6.22. The molecule has 0 unspecified atom stereocenters. The van der Waals surface area contributed by atoms with Gasteiger partial charge in [-0.05, 0) is 60.7 Å². The minimum absolute atomic E-state index is 0.323. The lowest BCUT2D eigenvalue weighted by atomic mass is 10.1. The second kappa shape index (κ2) is 6.87. The highest BCUT2D eigenvalue weighted by atomic mass is 35.5. The summed E-state index contributed by atoms with van der Waals surface area (Å²) in [5.74, 6) is 0.439. The molecule has 29 heavy (non-hydrogen) atoms. The van der Waals surface area contributed by atoms with Crippen LogP contribution in [0.5, 0.6) is 5.75 Å². The topological polar surface area (TPSA) is 39.9 Å². The zero-order valence-electron chi connectivity index (χ0n) is 15.4. The third-order valence-corrected chi connectivity index (χ3v) is 5.12. The van der Waals surface area contributed by atoms with Crippen LogP contribution in [-0.2, 0) is 0 Å². The van der Waals surface area contributed by atoms with Gasteiger partial charge in [-0.2, -0.15) is 5.10 Å². The summed E-state index contributed by atoms with van der Waals surface area (Å²) in [6, 6.07) is 19.6. The van der Waals surface area contributed by atoms with Gasteiger partial charge < -0.3 is 4.74 Å². The fourth-order valence-electron chi connectivity index (χ4n) is 3.51. The normalized spacial score (nSPS) is 11.3. The molecule has 0 amide bonds. The van der Waals surface area contributed by atoms with E-state index in [1.165, 1.54) is 12.1 Å². The van der Waals surface area contributed by atoms with Crippen LogP contribution < -0.4 is 4.74 Å². The van der Waals surface area contributed by atoms with Crippen LogP contribution >= 0.6 is 11.6 Å². The molecule has 0 saturated carbocycles. The van der Waals surface area contributed by atoms with Crippen molar-refractivity contribution in [3.63, 3.8) is 0 Å². The van der Waals surface area contributed by atoms with Gasteiger partial charge in [0.05, 0.1) is 23.8 Å². The van der Waals surface area contributed by atoms with Crippen molar-refractivity contribution >= 4 is 33.4 Å². The zero-order valence-corrected chi connectivity index (χ0v) is 16.2. The van der Waals surface area contributed by atoms with Gasteiger partial charge in [-0.3, -0.25) is 4.98 Å². The molecule has 0 spiro atoms. The average Bonchev–Trinajstić information content (AvgIpc) is 3.14. The third kappa shape index (κ3) is 3.00. The first-order valence-electron chi connectivity index (χ1n) is 9.01. The minimum Gasteiger partial charge on any atom is -0.497 e. The second-order valence-corrected chi connectivity index (χ2v) is 7.09. The summed E-state index contributed by atoms with van der Waals surface area (Å²) in [6.45, 7) is 0. The highest BCUT2D eigenvalue weighted by Crippen LogP contribution is 2.34. The number of hydrogen-bond acceptors (Lipinski definition) is 3. The van der Waals surface area contributed by atoms with Crippen molar-refractivity contribution in [2.24, 2.45) is 0 Å². The van der Waals surface area contributed by atoms with E-state index in [2.05, 4.69) is 4.98 Å². The Morgan fingerprint density at radius 3 is 2.55 bits per heavy atom. The van der Waals surface area contributed by atoms with Crippen LogP contribution in [-0.4, -0.2) is 21.9 Å². The maximum Gasteiger partial charge on any atom is 0.124 e. The van der Waals surface area contributed by atoms with Gasteiger partial charge in [-0.1, -0.05) is 17.7 Å². The van der Waals surface area contributed by atoms with Crippen molar-refractivity contribution in [3.05, 3.63) is 83.8 Å². The van der Waals surface area contributed by atoms with Crippen molar-refractivity contribution in [1.82, 2.24) is 14.8 Å². The number of hydrogen-bond donors (Lipinski definition) is 0. The first-order chi connectivity index (χ1) is 14.1. The lowest BCUT2D eigenvalue weighted by Gasteiger charge is -2.06. The molecule has 0 bridgehead atoms. The predicted molar refractivity (Wildman–Crippen MR) is 113 cm³/mol. The van der Waals surface area contributed by atoms with Crippen LogP contribution in [0.1, 0.15) is 0 Å². The number of rotatable bonds is 3. The highest BCUT2D eigenvalue weighted by Gasteiger charge is 2.17. The van der Waals surface area contributed by atoms with Crippen LogP contribution in [0.15, 0.2) is 72.9 Å². The SMILES string of the molecule is COc1ccc(-c2nn(-c3cccc(Cl)c3)c3c2cnc2ccc(F)cc23)cc1. The molecule has 0 radical (unpaired) electrons. The average molecular weight is 404 g/mol. The Balaban J connectivity index is 1.87. The number of benzene rings is 3. The largest absolute Gasteiger partial charge is 0.497 e. The Hall–Kier alpha value is -3.44. The number of nitrogens with zero attached hydrogens (tertiary/aromatic N) is 3. The summed E-state index contributed by atoms with van der Waals surface area (Å²) in [6.07, 6.45) is 1.78. The van der Waals surface area contributed by atoms with E-state index in [0.717, 1.165) is 33.6 Å². The van der Waals surface area contributed by atoms with Crippen molar-refractivity contribution < 1.29 is 9.13 Å². The Kier molecular flexibility index (Phi) is 4.18. The first kappa shape index (κ1) is 17.6. The van der Waals surface area contributed by atoms with Gasteiger partial charge in [0.1, 0.15) is 17.3 Å². The fourth-order valence-corrected chi connectivity index (χ4v) is 3.70. The molecule has 0 aliphatic rings. The van der Waals surface area contributed by atoms with E-state index in [1.54, 1.807) is 30.1 Å². The van der Waals surface area contributed by atoms with Crippen molar-refractivity contribution in [2.45, 2.75) is 0 Å². The quantitative estimate of drug-likeness (QED) is 0.368. The molecule has 0 atom stereocenters. The van der Waals surface area contributed by atoms with Crippen molar-refractivity contribution in [2.75, 3.05) is 7.11 Å². The van der Waals surface area contributed by atoms with E-state index >= 15 is 0 Å². The molecule has 142 valence electrons. The molecular formula is C23H15ClFN3O. The van der Waals surface area contributed by atoms with Gasteiger partial charge in [0.15, 0.2) is 0 Å². The fraction of sp³-hybridized carbons (Fsp3) is 0.0435. The Bertz CT molecular complexity index is 1360. The molecule has 2 heterocycles. The Morgan fingerprint density at radius 2 is 1.79 bits per heavy atom. The Morgan fingerprint density at radius 1 is 0.966 bits per heavy atom. The molecule has 3 aromatic carbocycles. The molecular weight excluding hydrogens is 389 g/mol. The summed E-state index contributed by atoms with van der Waals surface area (Å²) in [5, 5.41) is 6.98. The van der Waals surface area contributed by atoms with Gasteiger partial charge in [0, 0.05) is 27.6 Å². The molecule has 6 heteroatoms. The second-order valence-electron chi connectivity index (χ2n) is 6.65. The molecule has 4 nitrogen and oxygen atoms in total. The van der Waals surface area contributed by atoms with E-state index in [-0.39, 0.29) is 5.82 Å². The zero-order chi connectivity index (χ0) is 20.0. The maximum atomic E-state index is 14.1. The summed E-state index contributed by atoms with van der Waals surface area (Å²) in [4.78, 5) is 4.52. The van der Waals surface area contributed by atoms with Crippen LogP contribution in [0.4, 0.5) is 4.39 Å². The van der Waals surface area contributed by atoms with Gasteiger partial charge >= 0.3 is 0 Å². The molecule has 0 saturated heterocycles. The minimum atomic E-state index is -0.323. The van der Waals surface area contributed by atoms with Crippen LogP contribution in [0, 0.1) is 5.82 Å². The number of aromatic nitrogens is 3. The standard InChI is InChI=1S/C23H15ClFN3O/c1-29-18-8-5-14(6-9-18)22-20-13-26-21-10-7-16(25)12-19(21)23(20)28(27-22)17-4-2-3-15(24)11-17/h2-13H,1H3. The van der Waals surface area contributed by atoms with Gasteiger partial charge in [-0.15, -0.1) is 0 Å². The number of fused-ring (bicyclic) bond motifs is 3. The lowest BCUT2D eigenvalue weighted by molar-refractivity contribution is 0.415. The van der Waals surface area contributed by atoms with E-state index < -0.39 is 0 Å². The van der Waals surface area contributed by atoms with Crippen LogP contribution in [0.2, 0.25) is 5.02 Å². The number of halogens is 2.